The molecule has 1 aromatic heterocycles. The maximum atomic E-state index is 11.5. The van der Waals surface area contributed by atoms with Crippen LogP contribution in [0.5, 0.6) is 0 Å². The number of rotatable bonds is 5. The number of benzene rings is 1. The van der Waals surface area contributed by atoms with Gasteiger partial charge in [-0.15, -0.1) is 0 Å². The van der Waals surface area contributed by atoms with Gasteiger partial charge in [-0.2, -0.15) is 5.10 Å². The van der Waals surface area contributed by atoms with Crippen molar-refractivity contribution in [2.45, 2.75) is 38.5 Å². The fraction of sp³-hybridized carbons (Fsp3) is 0.524. The van der Waals surface area contributed by atoms with Crippen LogP contribution in [0.2, 0.25) is 5.02 Å². The van der Waals surface area contributed by atoms with E-state index in [1.807, 2.05) is 35.1 Å². The molecule has 4 rings (SSSR count). The first kappa shape index (κ1) is 19.4. The van der Waals surface area contributed by atoms with E-state index in [2.05, 4.69) is 21.5 Å². The summed E-state index contributed by atoms with van der Waals surface area (Å²) in [7, 11) is 1.75. The highest BCUT2D eigenvalue weighted by Crippen LogP contribution is 2.38. The van der Waals surface area contributed by atoms with E-state index >= 15 is 0 Å². The Kier molecular flexibility index (Phi) is 5.71. The van der Waals surface area contributed by atoms with Gasteiger partial charge < -0.3 is 10.1 Å². The number of nitrogens with zero attached hydrogens (tertiary/aromatic N) is 3. The lowest BCUT2D eigenvalue weighted by atomic mass is 9.77. The minimum absolute atomic E-state index is 0.0220. The average Bonchev–Trinajstić information content (AvgIpc) is 3.27. The SMILES string of the molecule is CO[C@@H]1C[C@H]2CN(Cc3cnn(-c4cccc(Cl)c4)c3)C[C@H]2C[C@H]1NC(C)=O. The number of aromatic nitrogens is 2. The number of methoxy groups -OCH3 is 1. The molecule has 2 fully saturated rings. The lowest BCUT2D eigenvalue weighted by molar-refractivity contribution is -0.121. The Morgan fingerprint density at radius 1 is 1.32 bits per heavy atom. The summed E-state index contributed by atoms with van der Waals surface area (Å²) in [6, 6.07) is 7.83. The molecular weight excluding hydrogens is 376 g/mol. The fourth-order valence-corrected chi connectivity index (χ4v) is 4.96. The minimum Gasteiger partial charge on any atom is -0.379 e. The third-order valence-electron chi connectivity index (χ3n) is 6.00. The normalized spacial score (nSPS) is 27.5. The van der Waals surface area contributed by atoms with Crippen LogP contribution in [0.15, 0.2) is 36.7 Å². The Hall–Kier alpha value is -1.89. The van der Waals surface area contributed by atoms with Crippen LogP contribution < -0.4 is 5.32 Å². The lowest BCUT2D eigenvalue weighted by Crippen LogP contribution is -2.49. The summed E-state index contributed by atoms with van der Waals surface area (Å²) in [4.78, 5) is 14.0. The van der Waals surface area contributed by atoms with E-state index in [4.69, 9.17) is 16.3 Å². The predicted molar refractivity (Wildman–Crippen MR) is 108 cm³/mol. The standard InChI is InChI=1S/C21H27ClN4O2/c1-14(27)24-20-6-16-12-25(13-17(16)7-21(20)28-2)10-15-9-23-26(11-15)19-5-3-4-18(22)8-19/h3-5,8-9,11,16-17,20-21H,6-7,10,12-13H2,1-2H3,(H,24,27)/t16-,17+,20-,21-/m1/s1. The van der Waals surface area contributed by atoms with Crippen LogP contribution in [-0.2, 0) is 16.1 Å². The number of amides is 1. The van der Waals surface area contributed by atoms with Crippen LogP contribution in [0, 0.1) is 11.8 Å². The van der Waals surface area contributed by atoms with Crippen molar-refractivity contribution in [2.75, 3.05) is 20.2 Å². The molecule has 1 aliphatic heterocycles. The van der Waals surface area contributed by atoms with E-state index in [9.17, 15) is 4.79 Å². The molecule has 7 heteroatoms. The second kappa shape index (κ2) is 8.23. The van der Waals surface area contributed by atoms with Crippen LogP contribution in [-0.4, -0.2) is 52.9 Å². The van der Waals surface area contributed by atoms with Crippen molar-refractivity contribution in [3.63, 3.8) is 0 Å². The first-order valence-electron chi connectivity index (χ1n) is 9.83. The van der Waals surface area contributed by atoms with Crippen molar-refractivity contribution in [2.24, 2.45) is 11.8 Å². The second-order valence-corrected chi connectivity index (χ2v) is 8.48. The number of carbonyl (C=O) groups is 1. The molecule has 1 saturated carbocycles. The third kappa shape index (κ3) is 4.24. The maximum absolute atomic E-state index is 11.5. The van der Waals surface area contributed by atoms with Gasteiger partial charge in [-0.3, -0.25) is 9.69 Å². The summed E-state index contributed by atoms with van der Waals surface area (Å²) in [5.74, 6) is 1.25. The third-order valence-corrected chi connectivity index (χ3v) is 6.23. The molecule has 2 aromatic rings. The molecule has 28 heavy (non-hydrogen) atoms. The number of nitrogens with one attached hydrogen (secondary N) is 1. The Balaban J connectivity index is 1.39. The number of carbonyl (C=O) groups excluding carboxylic acids is 1. The van der Waals surface area contributed by atoms with Gasteiger partial charge >= 0.3 is 0 Å². The molecule has 6 nitrogen and oxygen atoms in total. The topological polar surface area (TPSA) is 59.4 Å². The van der Waals surface area contributed by atoms with Crippen LogP contribution in [0.25, 0.3) is 5.69 Å². The van der Waals surface area contributed by atoms with Crippen molar-refractivity contribution in [1.29, 1.82) is 0 Å². The van der Waals surface area contributed by atoms with E-state index in [0.29, 0.717) is 16.9 Å². The number of hydrogen-bond acceptors (Lipinski definition) is 4. The number of halogens is 1. The van der Waals surface area contributed by atoms with E-state index in [1.54, 1.807) is 14.0 Å². The summed E-state index contributed by atoms with van der Waals surface area (Å²) in [6.07, 6.45) is 6.11. The molecule has 1 aromatic carbocycles. The average molecular weight is 403 g/mol. The largest absolute Gasteiger partial charge is 0.379 e. The molecule has 1 N–H and O–H groups in total. The Morgan fingerprint density at radius 2 is 2.11 bits per heavy atom. The predicted octanol–water partition coefficient (Wildman–Crippen LogP) is 2.89. The first-order chi connectivity index (χ1) is 13.5. The van der Waals surface area contributed by atoms with Crippen molar-refractivity contribution in [3.8, 4) is 5.69 Å². The number of likely N-dealkylation sites (tertiary alicyclic amines) is 1. The molecule has 2 aliphatic rings. The molecule has 0 radical (unpaired) electrons. The highest BCUT2D eigenvalue weighted by atomic mass is 35.5. The first-order valence-corrected chi connectivity index (χ1v) is 10.2. The maximum Gasteiger partial charge on any atom is 0.217 e. The summed E-state index contributed by atoms with van der Waals surface area (Å²) >= 11 is 6.09. The van der Waals surface area contributed by atoms with Crippen molar-refractivity contribution >= 4 is 17.5 Å². The highest BCUT2D eigenvalue weighted by molar-refractivity contribution is 6.30. The highest BCUT2D eigenvalue weighted by Gasteiger charge is 2.42. The van der Waals surface area contributed by atoms with Crippen LogP contribution in [0.1, 0.15) is 25.3 Å². The van der Waals surface area contributed by atoms with E-state index in [1.165, 1.54) is 5.56 Å². The summed E-state index contributed by atoms with van der Waals surface area (Å²) in [5.41, 5.74) is 2.16. The molecule has 1 aliphatic carbocycles. The van der Waals surface area contributed by atoms with Gasteiger partial charge in [0.25, 0.3) is 0 Å². The lowest BCUT2D eigenvalue weighted by Gasteiger charge is -2.37. The molecule has 0 spiro atoms. The van der Waals surface area contributed by atoms with Crippen molar-refractivity contribution in [3.05, 3.63) is 47.2 Å². The van der Waals surface area contributed by atoms with E-state index in [-0.39, 0.29) is 18.1 Å². The van der Waals surface area contributed by atoms with Crippen LogP contribution in [0.3, 0.4) is 0 Å². The van der Waals surface area contributed by atoms with Gasteiger partial charge in [0.15, 0.2) is 0 Å². The zero-order valence-electron chi connectivity index (χ0n) is 16.3. The number of hydrogen-bond donors (Lipinski definition) is 1. The monoisotopic (exact) mass is 402 g/mol. The summed E-state index contributed by atoms with van der Waals surface area (Å²) in [5, 5.41) is 8.28. The van der Waals surface area contributed by atoms with Gasteiger partial charge in [-0.1, -0.05) is 17.7 Å². The molecule has 1 saturated heterocycles. The molecule has 4 atom stereocenters. The Labute approximate surface area is 170 Å². The van der Waals surface area contributed by atoms with E-state index < -0.39 is 0 Å². The minimum atomic E-state index is 0.0220. The fourth-order valence-electron chi connectivity index (χ4n) is 4.77. The zero-order valence-corrected chi connectivity index (χ0v) is 17.1. The van der Waals surface area contributed by atoms with Gasteiger partial charge in [-0.05, 0) is 42.9 Å². The van der Waals surface area contributed by atoms with Crippen molar-refractivity contribution < 1.29 is 9.53 Å². The second-order valence-electron chi connectivity index (χ2n) is 8.04. The molecule has 150 valence electrons. The molecule has 0 bridgehead atoms. The van der Waals surface area contributed by atoms with Crippen LogP contribution >= 0.6 is 11.6 Å². The summed E-state index contributed by atoms with van der Waals surface area (Å²) in [6.45, 7) is 4.59. The van der Waals surface area contributed by atoms with Gasteiger partial charge in [0, 0.05) is 50.5 Å². The molecule has 1 amide bonds. The number of ether oxygens (including phenoxy) is 1. The summed E-state index contributed by atoms with van der Waals surface area (Å²) < 4.78 is 7.54. The van der Waals surface area contributed by atoms with Crippen molar-refractivity contribution in [1.82, 2.24) is 20.0 Å². The molecule has 2 heterocycles. The Bertz CT molecular complexity index is 839. The van der Waals surface area contributed by atoms with E-state index in [0.717, 1.165) is 38.2 Å². The molecular formula is C21H27ClN4O2. The zero-order chi connectivity index (χ0) is 19.7. The quantitative estimate of drug-likeness (QED) is 0.835. The smallest absolute Gasteiger partial charge is 0.217 e. The number of fused-ring (bicyclic) bond motifs is 1. The van der Waals surface area contributed by atoms with Gasteiger partial charge in [-0.25, -0.2) is 4.68 Å². The van der Waals surface area contributed by atoms with Gasteiger partial charge in [0.05, 0.1) is 24.0 Å². The molecule has 0 unspecified atom stereocenters. The van der Waals surface area contributed by atoms with Gasteiger partial charge in [0.1, 0.15) is 0 Å². The van der Waals surface area contributed by atoms with Gasteiger partial charge in [0.2, 0.25) is 5.91 Å². The van der Waals surface area contributed by atoms with Crippen LogP contribution in [0.4, 0.5) is 0 Å². The Morgan fingerprint density at radius 3 is 2.82 bits per heavy atom.